The second-order valence-corrected chi connectivity index (χ2v) is 9.50. The average molecular weight is 437 g/mol. The van der Waals surface area contributed by atoms with E-state index in [1.807, 2.05) is 0 Å². The summed E-state index contributed by atoms with van der Waals surface area (Å²) in [4.78, 5) is 23.4. The number of carbonyl (C=O) groups is 2. The fourth-order valence-corrected chi connectivity index (χ4v) is 5.21. The smallest absolute Gasteiger partial charge is 0.446 e. The van der Waals surface area contributed by atoms with Gasteiger partial charge in [-0.3, -0.25) is 9.59 Å². The number of benzene rings is 1. The molecular formula is C18H19F3O3S3. The Balaban J connectivity index is 1.93. The highest BCUT2D eigenvalue weighted by molar-refractivity contribution is 8.24. The van der Waals surface area contributed by atoms with Gasteiger partial charge < -0.3 is 5.11 Å². The van der Waals surface area contributed by atoms with Gasteiger partial charge in [-0.2, -0.15) is 13.2 Å². The van der Waals surface area contributed by atoms with E-state index in [0.717, 1.165) is 9.76 Å². The zero-order valence-electron chi connectivity index (χ0n) is 14.3. The molecule has 0 aliphatic carbocycles. The Kier molecular flexibility index (Phi) is 8.18. The van der Waals surface area contributed by atoms with E-state index < -0.39 is 11.5 Å². The minimum Gasteiger partial charge on any atom is -0.481 e. The van der Waals surface area contributed by atoms with Crippen molar-refractivity contribution in [3.63, 3.8) is 0 Å². The summed E-state index contributed by atoms with van der Waals surface area (Å²) in [5.41, 5.74) is -3.53. The Morgan fingerprint density at radius 3 is 2.52 bits per heavy atom. The standard InChI is InChI=1S/C18H19F3O3S3/c19-18(20,21)27-13-7-5-11(6-8-13)9-14-17(24)12(10-16(25)26-14)3-1-2-4-15(22)23/h5-8,12,14H,1-4,9-10H2,(H,22,23). The number of thiocarbonyl (C=S) groups is 1. The van der Waals surface area contributed by atoms with Crippen LogP contribution in [0, 0.1) is 5.92 Å². The van der Waals surface area contributed by atoms with Crippen molar-refractivity contribution in [2.75, 3.05) is 0 Å². The highest BCUT2D eigenvalue weighted by Crippen LogP contribution is 2.37. The SMILES string of the molecule is O=C(O)CCCCC1CC(=S)SC(Cc2ccc(SC(F)(F)F)cc2)C1=O. The third kappa shape index (κ3) is 7.83. The number of hydrogen-bond donors (Lipinski definition) is 1. The first kappa shape index (κ1) is 22.2. The van der Waals surface area contributed by atoms with Crippen molar-refractivity contribution in [3.05, 3.63) is 29.8 Å². The van der Waals surface area contributed by atoms with Gasteiger partial charge in [0.15, 0.2) is 0 Å². The Morgan fingerprint density at radius 2 is 1.93 bits per heavy atom. The van der Waals surface area contributed by atoms with Crippen molar-refractivity contribution in [2.24, 2.45) is 5.92 Å². The maximum atomic E-state index is 12.7. The Morgan fingerprint density at radius 1 is 1.26 bits per heavy atom. The van der Waals surface area contributed by atoms with Gasteiger partial charge in [0.1, 0.15) is 5.78 Å². The molecule has 1 heterocycles. The van der Waals surface area contributed by atoms with Crippen molar-refractivity contribution in [1.29, 1.82) is 0 Å². The topological polar surface area (TPSA) is 54.4 Å². The predicted octanol–water partition coefficient (Wildman–Crippen LogP) is 5.50. The van der Waals surface area contributed by atoms with Crippen LogP contribution in [0.4, 0.5) is 13.2 Å². The molecule has 9 heteroatoms. The molecule has 3 nitrogen and oxygen atoms in total. The number of hydrogen-bond acceptors (Lipinski definition) is 5. The lowest BCUT2D eigenvalue weighted by Gasteiger charge is -2.28. The number of rotatable bonds is 8. The number of thioether (sulfide) groups is 2. The van der Waals surface area contributed by atoms with E-state index >= 15 is 0 Å². The summed E-state index contributed by atoms with van der Waals surface area (Å²) in [7, 11) is 0. The summed E-state index contributed by atoms with van der Waals surface area (Å²) in [5, 5.41) is 8.34. The number of Topliss-reactive ketones (excluding diaryl/α,β-unsaturated/α-hetero) is 1. The van der Waals surface area contributed by atoms with Gasteiger partial charge in [-0.25, -0.2) is 0 Å². The molecule has 1 N–H and O–H groups in total. The van der Waals surface area contributed by atoms with Crippen LogP contribution >= 0.6 is 35.7 Å². The van der Waals surface area contributed by atoms with Gasteiger partial charge in [0.2, 0.25) is 0 Å². The van der Waals surface area contributed by atoms with Crippen LogP contribution in [0.25, 0.3) is 0 Å². The molecule has 2 atom stereocenters. The highest BCUT2D eigenvalue weighted by atomic mass is 32.2. The van der Waals surface area contributed by atoms with Crippen LogP contribution in [0.5, 0.6) is 0 Å². The molecule has 1 aliphatic heterocycles. The monoisotopic (exact) mass is 436 g/mol. The van der Waals surface area contributed by atoms with E-state index in [2.05, 4.69) is 0 Å². The number of carboxylic acids is 1. The van der Waals surface area contributed by atoms with Crippen LogP contribution in [0.15, 0.2) is 29.2 Å². The molecule has 1 aromatic rings. The number of carboxylic acid groups (broad SMARTS) is 1. The van der Waals surface area contributed by atoms with Gasteiger partial charge in [0.25, 0.3) is 0 Å². The quantitative estimate of drug-likeness (QED) is 0.330. The van der Waals surface area contributed by atoms with Crippen LogP contribution in [-0.2, 0) is 16.0 Å². The van der Waals surface area contributed by atoms with Gasteiger partial charge in [-0.05, 0) is 55.1 Å². The zero-order chi connectivity index (χ0) is 20.0. The normalized spacial score (nSPS) is 20.7. The van der Waals surface area contributed by atoms with Crippen molar-refractivity contribution in [3.8, 4) is 0 Å². The first-order valence-electron chi connectivity index (χ1n) is 8.44. The number of aliphatic carboxylic acids is 1. The lowest BCUT2D eigenvalue weighted by atomic mass is 9.90. The van der Waals surface area contributed by atoms with Crippen LogP contribution in [0.2, 0.25) is 0 Å². The molecule has 2 unspecified atom stereocenters. The largest absolute Gasteiger partial charge is 0.481 e. The molecule has 0 radical (unpaired) electrons. The Labute approximate surface area is 169 Å². The van der Waals surface area contributed by atoms with E-state index in [9.17, 15) is 22.8 Å². The van der Waals surface area contributed by atoms with Gasteiger partial charge in [0.05, 0.1) is 5.25 Å². The van der Waals surface area contributed by atoms with Crippen molar-refractivity contribution < 1.29 is 27.9 Å². The Hall–Kier alpha value is -1.06. The zero-order valence-corrected chi connectivity index (χ0v) is 16.8. The molecule has 0 bridgehead atoms. The molecule has 0 aromatic heterocycles. The molecule has 2 rings (SSSR count). The van der Waals surface area contributed by atoms with Crippen LogP contribution < -0.4 is 0 Å². The molecule has 0 saturated carbocycles. The molecule has 1 saturated heterocycles. The van der Waals surface area contributed by atoms with E-state index in [-0.39, 0.29) is 40.0 Å². The van der Waals surface area contributed by atoms with E-state index in [0.29, 0.717) is 32.1 Å². The third-order valence-electron chi connectivity index (χ3n) is 4.18. The Bertz CT molecular complexity index is 689. The van der Waals surface area contributed by atoms with Crippen LogP contribution in [0.3, 0.4) is 0 Å². The molecule has 0 amide bonds. The van der Waals surface area contributed by atoms with Crippen molar-refractivity contribution in [2.45, 2.75) is 54.2 Å². The summed E-state index contributed by atoms with van der Waals surface area (Å²) in [5.74, 6) is -0.948. The van der Waals surface area contributed by atoms with Crippen LogP contribution in [0.1, 0.15) is 37.7 Å². The maximum absolute atomic E-state index is 12.7. The number of alkyl halides is 3. The molecule has 1 fully saturated rings. The van der Waals surface area contributed by atoms with Gasteiger partial charge in [-0.1, -0.05) is 30.8 Å². The van der Waals surface area contributed by atoms with Crippen molar-refractivity contribution >= 4 is 51.7 Å². The van der Waals surface area contributed by atoms with E-state index in [4.69, 9.17) is 17.3 Å². The minimum atomic E-state index is -4.32. The van der Waals surface area contributed by atoms with Gasteiger partial charge in [-0.15, -0.1) is 11.8 Å². The summed E-state index contributed by atoms with van der Waals surface area (Å²) >= 11 is 6.51. The summed E-state index contributed by atoms with van der Waals surface area (Å²) in [6.07, 6.45) is 2.85. The maximum Gasteiger partial charge on any atom is 0.446 e. The highest BCUT2D eigenvalue weighted by Gasteiger charge is 2.34. The summed E-state index contributed by atoms with van der Waals surface area (Å²) in [6, 6.07) is 6.04. The molecule has 1 aromatic carbocycles. The molecule has 1 aliphatic rings. The number of carbonyl (C=O) groups excluding carboxylic acids is 1. The van der Waals surface area contributed by atoms with Crippen LogP contribution in [-0.4, -0.2) is 31.8 Å². The molecule has 27 heavy (non-hydrogen) atoms. The summed E-state index contributed by atoms with van der Waals surface area (Å²) in [6.45, 7) is 0. The number of unbranched alkanes of at least 4 members (excludes halogenated alkanes) is 1. The van der Waals surface area contributed by atoms with Crippen molar-refractivity contribution in [1.82, 2.24) is 0 Å². The molecule has 148 valence electrons. The average Bonchev–Trinajstić information content (AvgIpc) is 2.55. The first-order valence-corrected chi connectivity index (χ1v) is 10.5. The first-order chi connectivity index (χ1) is 12.6. The van der Waals surface area contributed by atoms with Gasteiger partial charge in [0, 0.05) is 21.4 Å². The number of halogens is 3. The van der Waals surface area contributed by atoms with E-state index in [1.165, 1.54) is 23.9 Å². The summed E-state index contributed by atoms with van der Waals surface area (Å²) < 4.78 is 37.9. The second kappa shape index (κ2) is 9.93. The fourth-order valence-electron chi connectivity index (χ4n) is 2.92. The molecule has 0 spiro atoms. The second-order valence-electron chi connectivity index (χ2n) is 6.32. The molecular weight excluding hydrogens is 417 g/mol. The van der Waals surface area contributed by atoms with E-state index in [1.54, 1.807) is 12.1 Å². The number of ketones is 1. The third-order valence-corrected chi connectivity index (χ3v) is 6.49. The lowest BCUT2D eigenvalue weighted by molar-refractivity contribution is -0.137. The minimum absolute atomic E-state index is 0.0891. The van der Waals surface area contributed by atoms with Gasteiger partial charge >= 0.3 is 11.5 Å². The fraction of sp³-hybridized carbons (Fsp3) is 0.500. The predicted molar refractivity (Wildman–Crippen MR) is 105 cm³/mol. The lowest BCUT2D eigenvalue weighted by Crippen LogP contribution is -2.34.